The average Bonchev–Trinajstić information content (AvgIpc) is 1.85. The minimum Gasteiger partial charge on any atom is -1.00 e. The van der Waals surface area contributed by atoms with Crippen molar-refractivity contribution in [1.82, 2.24) is 0 Å². The molecule has 0 rings (SSSR count). The first-order chi connectivity index (χ1) is 5.48. The van der Waals surface area contributed by atoms with Crippen LogP contribution in [0.3, 0.4) is 0 Å². The molecule has 0 spiro atoms. The summed E-state index contributed by atoms with van der Waals surface area (Å²) in [5.41, 5.74) is 0. The van der Waals surface area contributed by atoms with Crippen molar-refractivity contribution in [1.29, 1.82) is 0 Å². The Kier molecular flexibility index (Phi) is 9.29. The first-order valence-corrected chi connectivity index (χ1v) is 4.30. The van der Waals surface area contributed by atoms with E-state index in [9.17, 15) is 17.2 Å². The molecule has 0 aliphatic rings. The quantitative estimate of drug-likeness (QED) is 0.280. The second-order valence-electron chi connectivity index (χ2n) is 1.56. The number of hydrogen-bond donors (Lipinski definition) is 0. The van der Waals surface area contributed by atoms with Gasteiger partial charge in [0.1, 0.15) is 6.61 Å². The zero-order valence-corrected chi connectivity index (χ0v) is 8.01. The van der Waals surface area contributed by atoms with Crippen LogP contribution in [-0.2, 0) is 23.8 Å². The van der Waals surface area contributed by atoms with E-state index in [2.05, 4.69) is 13.4 Å². The summed E-state index contributed by atoms with van der Waals surface area (Å²) in [6.07, 6.45) is -2.79. The summed E-state index contributed by atoms with van der Waals surface area (Å²) in [7, 11) is -4.28. The van der Waals surface area contributed by atoms with Gasteiger partial charge in [-0.3, -0.25) is 0 Å². The Morgan fingerprint density at radius 1 is 1.46 bits per heavy atom. The van der Waals surface area contributed by atoms with Gasteiger partial charge >= 0.3 is 29.3 Å². The normalized spacial score (nSPS) is 11.4. The SMILES string of the molecule is CCOS(=O)(=O)OOCC(F)F.[H-].[Li+]. The smallest absolute Gasteiger partial charge is 1.00 e. The van der Waals surface area contributed by atoms with Gasteiger partial charge in [0.05, 0.1) is 6.61 Å². The molecule has 0 radical (unpaired) electrons. The summed E-state index contributed by atoms with van der Waals surface area (Å²) in [6.45, 7) is 0.126. The van der Waals surface area contributed by atoms with Crippen molar-refractivity contribution >= 4 is 10.4 Å². The van der Waals surface area contributed by atoms with Crippen molar-refractivity contribution in [2.24, 2.45) is 0 Å². The monoisotopic (exact) mass is 214 g/mol. The standard InChI is InChI=1S/C4H8F2O5S.Li.H/c1-2-10-12(7,8)11-9-3-4(5)6;;/h4H,2-3H2,1H3;;/q;+1;-1. The molecule has 0 bridgehead atoms. The molecule has 13 heavy (non-hydrogen) atoms. The zero-order valence-electron chi connectivity index (χ0n) is 8.20. The van der Waals surface area contributed by atoms with Gasteiger partial charge in [0.15, 0.2) is 0 Å². The summed E-state index contributed by atoms with van der Waals surface area (Å²) in [5.74, 6) is 0. The molecule has 9 heteroatoms. The second-order valence-corrected chi connectivity index (χ2v) is 2.75. The molecule has 0 aromatic carbocycles. The van der Waals surface area contributed by atoms with E-state index >= 15 is 0 Å². The molecule has 0 aliphatic heterocycles. The minimum atomic E-state index is -4.28. The van der Waals surface area contributed by atoms with Crippen LogP contribution in [0.4, 0.5) is 8.78 Å². The Hall–Kier alpha value is 0.287. The maximum atomic E-state index is 11.4. The van der Waals surface area contributed by atoms with E-state index in [4.69, 9.17) is 0 Å². The molecule has 0 fully saturated rings. The van der Waals surface area contributed by atoms with Gasteiger partial charge in [-0.25, -0.2) is 17.9 Å². The summed E-state index contributed by atoms with van der Waals surface area (Å²) in [5, 5.41) is 0. The van der Waals surface area contributed by atoms with Crippen LogP contribution in [0.2, 0.25) is 0 Å². The first kappa shape index (κ1) is 15.7. The van der Waals surface area contributed by atoms with Gasteiger partial charge < -0.3 is 1.43 Å². The molecule has 5 nitrogen and oxygen atoms in total. The van der Waals surface area contributed by atoms with Gasteiger partial charge in [-0.2, -0.15) is 8.42 Å². The third-order valence-electron chi connectivity index (χ3n) is 0.588. The van der Waals surface area contributed by atoms with Gasteiger partial charge in [-0.05, 0) is 6.92 Å². The molecule has 0 aromatic heterocycles. The third-order valence-corrected chi connectivity index (χ3v) is 1.37. The van der Waals surface area contributed by atoms with Gasteiger partial charge in [0.2, 0.25) is 0 Å². The Bertz CT molecular complexity index is 212. The van der Waals surface area contributed by atoms with Crippen LogP contribution >= 0.6 is 0 Å². The van der Waals surface area contributed by atoms with Crippen LogP contribution in [0.1, 0.15) is 8.35 Å². The van der Waals surface area contributed by atoms with E-state index in [1.165, 1.54) is 6.92 Å². The molecular formula is C4H9F2LiO5S. The van der Waals surface area contributed by atoms with Crippen LogP contribution in [0.15, 0.2) is 0 Å². The number of rotatable bonds is 6. The average molecular weight is 214 g/mol. The Morgan fingerprint density at radius 3 is 2.38 bits per heavy atom. The van der Waals surface area contributed by atoms with Crippen LogP contribution in [0, 0.1) is 0 Å². The molecule has 0 aliphatic carbocycles. The first-order valence-electron chi connectivity index (χ1n) is 2.96. The fourth-order valence-corrected chi connectivity index (χ4v) is 0.803. The maximum Gasteiger partial charge on any atom is 1.00 e. The fraction of sp³-hybridized carbons (Fsp3) is 1.00. The van der Waals surface area contributed by atoms with E-state index in [0.717, 1.165) is 0 Å². The van der Waals surface area contributed by atoms with Crippen molar-refractivity contribution in [3.63, 3.8) is 0 Å². The van der Waals surface area contributed by atoms with Gasteiger partial charge in [0, 0.05) is 0 Å². The van der Waals surface area contributed by atoms with Crippen LogP contribution in [-0.4, -0.2) is 28.1 Å². The predicted octanol–water partition coefficient (Wildman–Crippen LogP) is -2.40. The van der Waals surface area contributed by atoms with Crippen LogP contribution in [0.5, 0.6) is 0 Å². The van der Waals surface area contributed by atoms with Crippen molar-refractivity contribution in [3.05, 3.63) is 0 Å². The van der Waals surface area contributed by atoms with Crippen LogP contribution < -0.4 is 18.9 Å². The van der Waals surface area contributed by atoms with E-state index in [1.54, 1.807) is 0 Å². The van der Waals surface area contributed by atoms with E-state index < -0.39 is 23.4 Å². The van der Waals surface area contributed by atoms with Crippen molar-refractivity contribution in [2.75, 3.05) is 13.2 Å². The third kappa shape index (κ3) is 10.2. The largest absolute Gasteiger partial charge is 1.00 e. The number of alkyl halides is 2. The number of hydrogen-bond acceptors (Lipinski definition) is 5. The predicted molar refractivity (Wildman–Crippen MR) is 34.7 cm³/mol. The molecule has 0 N–H and O–H groups in total. The zero-order chi connectivity index (χ0) is 9.61. The van der Waals surface area contributed by atoms with E-state index in [1.807, 2.05) is 0 Å². The second kappa shape index (κ2) is 7.67. The van der Waals surface area contributed by atoms with Crippen molar-refractivity contribution in [3.8, 4) is 0 Å². The summed E-state index contributed by atoms with van der Waals surface area (Å²) >= 11 is 0. The Balaban J connectivity index is -0.000000605. The fourth-order valence-electron chi connectivity index (χ4n) is 0.302. The van der Waals surface area contributed by atoms with E-state index in [-0.39, 0.29) is 26.9 Å². The molecule has 0 saturated heterocycles. The van der Waals surface area contributed by atoms with Crippen molar-refractivity contribution < 1.29 is 50.9 Å². The van der Waals surface area contributed by atoms with Gasteiger partial charge in [0.25, 0.3) is 6.43 Å². The number of halogens is 2. The summed E-state index contributed by atoms with van der Waals surface area (Å²) in [4.78, 5) is 3.65. The summed E-state index contributed by atoms with van der Waals surface area (Å²) in [6, 6.07) is 0. The van der Waals surface area contributed by atoms with E-state index in [0.29, 0.717) is 0 Å². The molecule has 0 atom stereocenters. The van der Waals surface area contributed by atoms with Crippen molar-refractivity contribution in [2.45, 2.75) is 13.3 Å². The molecule has 0 heterocycles. The van der Waals surface area contributed by atoms with Gasteiger partial charge in [-0.1, -0.05) is 4.33 Å². The minimum absolute atomic E-state index is 0. The Morgan fingerprint density at radius 2 is 2.00 bits per heavy atom. The molecule has 0 aromatic rings. The molecule has 76 valence electrons. The Labute approximate surface area is 88.3 Å². The van der Waals surface area contributed by atoms with Crippen LogP contribution in [0.25, 0.3) is 0 Å². The maximum absolute atomic E-state index is 11.4. The molecule has 0 unspecified atom stereocenters. The molecular weight excluding hydrogens is 205 g/mol. The molecule has 0 amide bonds. The molecule has 0 saturated carbocycles. The topological polar surface area (TPSA) is 61.8 Å². The summed E-state index contributed by atoms with van der Waals surface area (Å²) < 4.78 is 51.0. The van der Waals surface area contributed by atoms with Gasteiger partial charge in [-0.15, -0.1) is 0 Å².